The van der Waals surface area contributed by atoms with Crippen molar-refractivity contribution in [3.63, 3.8) is 0 Å². The van der Waals surface area contributed by atoms with E-state index in [1.54, 1.807) is 12.1 Å². The molecule has 0 aliphatic carbocycles. The van der Waals surface area contributed by atoms with E-state index in [1.165, 1.54) is 6.07 Å². The first-order valence-electron chi connectivity index (χ1n) is 9.70. The number of rotatable bonds is 5. The Morgan fingerprint density at radius 3 is 2.75 bits per heavy atom. The molecule has 1 aromatic heterocycles. The third-order valence-electron chi connectivity index (χ3n) is 5.15. The van der Waals surface area contributed by atoms with Crippen molar-refractivity contribution in [3.8, 4) is 5.75 Å². The van der Waals surface area contributed by atoms with Gasteiger partial charge in [-0.1, -0.05) is 12.1 Å². The highest BCUT2D eigenvalue weighted by molar-refractivity contribution is 5.98. The van der Waals surface area contributed by atoms with E-state index in [-0.39, 0.29) is 17.8 Å². The number of nitrogens with one attached hydrogen (secondary N) is 2. The Bertz CT molecular complexity index is 977. The number of H-pyrrole nitrogens is 1. The summed E-state index contributed by atoms with van der Waals surface area (Å²) in [6.45, 7) is 3.83. The van der Waals surface area contributed by atoms with Crippen LogP contribution in [0.25, 0.3) is 10.9 Å². The normalized spacial score (nSPS) is 15.0. The minimum absolute atomic E-state index is 0.00139. The molecule has 5 nitrogen and oxygen atoms in total. The minimum atomic E-state index is -0.245. The fraction of sp³-hybridized carbons (Fsp3) is 0.318. The molecule has 4 rings (SSSR count). The molecule has 28 heavy (non-hydrogen) atoms. The van der Waals surface area contributed by atoms with E-state index in [1.807, 2.05) is 42.2 Å². The minimum Gasteiger partial charge on any atom is -0.494 e. The number of benzene rings is 2. The molecule has 0 spiro atoms. The number of para-hydroxylation sites is 1. The fourth-order valence-corrected chi connectivity index (χ4v) is 3.67. The molecule has 3 aromatic rings. The molecule has 0 unspecified atom stereocenters. The largest absolute Gasteiger partial charge is 0.494 e. The summed E-state index contributed by atoms with van der Waals surface area (Å²) in [6.07, 6.45) is 1.57. The molecule has 0 bridgehead atoms. The van der Waals surface area contributed by atoms with Gasteiger partial charge in [0.1, 0.15) is 17.3 Å². The van der Waals surface area contributed by atoms with Crippen molar-refractivity contribution in [1.29, 1.82) is 0 Å². The number of anilines is 1. The maximum Gasteiger partial charge on any atom is 0.270 e. The van der Waals surface area contributed by atoms with Crippen LogP contribution in [-0.2, 0) is 0 Å². The number of ether oxygens (including phenoxy) is 1. The number of carbonyl (C=O) groups is 1. The first-order chi connectivity index (χ1) is 13.6. The molecule has 0 radical (unpaired) electrons. The number of nitrogens with zero attached hydrogens (tertiary/aromatic N) is 1. The molecule has 0 atom stereocenters. The van der Waals surface area contributed by atoms with E-state index in [4.69, 9.17) is 4.74 Å². The van der Waals surface area contributed by atoms with Crippen LogP contribution in [0.4, 0.5) is 10.1 Å². The Labute approximate surface area is 163 Å². The van der Waals surface area contributed by atoms with Crippen LogP contribution in [0.5, 0.6) is 5.75 Å². The molecule has 2 heterocycles. The summed E-state index contributed by atoms with van der Waals surface area (Å²) in [7, 11) is 0. The predicted molar refractivity (Wildman–Crippen MR) is 108 cm³/mol. The Morgan fingerprint density at radius 2 is 2.00 bits per heavy atom. The summed E-state index contributed by atoms with van der Waals surface area (Å²) in [5, 5.41) is 4.24. The zero-order valence-corrected chi connectivity index (χ0v) is 15.9. The number of hydrogen-bond acceptors (Lipinski definition) is 3. The van der Waals surface area contributed by atoms with Gasteiger partial charge in [0, 0.05) is 36.1 Å². The topological polar surface area (TPSA) is 57.4 Å². The smallest absolute Gasteiger partial charge is 0.270 e. The van der Waals surface area contributed by atoms with Crippen LogP contribution in [0.15, 0.2) is 48.5 Å². The van der Waals surface area contributed by atoms with Crippen LogP contribution in [0.2, 0.25) is 0 Å². The van der Waals surface area contributed by atoms with E-state index in [0.717, 1.165) is 29.5 Å². The van der Waals surface area contributed by atoms with Crippen LogP contribution in [0, 0.1) is 5.82 Å². The predicted octanol–water partition coefficient (Wildman–Crippen LogP) is 4.42. The van der Waals surface area contributed by atoms with Gasteiger partial charge in [-0.2, -0.15) is 0 Å². The molecule has 1 amide bonds. The summed E-state index contributed by atoms with van der Waals surface area (Å²) in [5.41, 5.74) is 2.00. The average Bonchev–Trinajstić information content (AvgIpc) is 3.13. The second-order valence-corrected chi connectivity index (χ2v) is 7.06. The van der Waals surface area contributed by atoms with E-state index >= 15 is 0 Å². The maximum atomic E-state index is 13.8. The average molecular weight is 381 g/mol. The van der Waals surface area contributed by atoms with Gasteiger partial charge in [0.25, 0.3) is 5.91 Å². The first kappa shape index (κ1) is 18.3. The standard InChI is InChI=1S/C22H24FN3O2/c1-2-28-17-8-7-15-13-21(25-20(15)14-17)22(27)26-11-9-16(10-12-26)24-19-6-4-3-5-18(19)23/h3-8,13-14,16,24-25H,2,9-12H2,1H3. The van der Waals surface area contributed by atoms with E-state index < -0.39 is 0 Å². The quantitative estimate of drug-likeness (QED) is 0.688. The molecule has 0 saturated carbocycles. The lowest BCUT2D eigenvalue weighted by atomic mass is 10.0. The fourth-order valence-electron chi connectivity index (χ4n) is 3.67. The van der Waals surface area contributed by atoms with Gasteiger partial charge in [0.15, 0.2) is 0 Å². The Morgan fingerprint density at radius 1 is 1.21 bits per heavy atom. The molecular formula is C22H24FN3O2. The zero-order chi connectivity index (χ0) is 19.5. The van der Waals surface area contributed by atoms with Crippen molar-refractivity contribution in [2.24, 2.45) is 0 Å². The van der Waals surface area contributed by atoms with Crippen LogP contribution < -0.4 is 10.1 Å². The number of halogens is 1. The van der Waals surface area contributed by atoms with Gasteiger partial charge in [-0.05, 0) is 50.1 Å². The van der Waals surface area contributed by atoms with Gasteiger partial charge >= 0.3 is 0 Å². The molecule has 6 heteroatoms. The third-order valence-corrected chi connectivity index (χ3v) is 5.15. The molecule has 1 fully saturated rings. The lowest BCUT2D eigenvalue weighted by molar-refractivity contribution is 0.0713. The molecule has 146 valence electrons. The lowest BCUT2D eigenvalue weighted by Gasteiger charge is -2.32. The monoisotopic (exact) mass is 381 g/mol. The van der Waals surface area contributed by atoms with Gasteiger partial charge < -0.3 is 19.9 Å². The van der Waals surface area contributed by atoms with Crippen LogP contribution in [-0.4, -0.2) is 41.5 Å². The highest BCUT2D eigenvalue weighted by Gasteiger charge is 2.25. The van der Waals surface area contributed by atoms with E-state index in [9.17, 15) is 9.18 Å². The highest BCUT2D eigenvalue weighted by atomic mass is 19.1. The summed E-state index contributed by atoms with van der Waals surface area (Å²) in [5.74, 6) is 0.542. The van der Waals surface area contributed by atoms with Crippen LogP contribution in [0.3, 0.4) is 0 Å². The van der Waals surface area contributed by atoms with Gasteiger partial charge in [-0.3, -0.25) is 4.79 Å². The summed E-state index contributed by atoms with van der Waals surface area (Å²) in [6, 6.07) is 14.5. The zero-order valence-electron chi connectivity index (χ0n) is 15.9. The van der Waals surface area contributed by atoms with Crippen molar-refractivity contribution in [2.75, 3.05) is 25.0 Å². The van der Waals surface area contributed by atoms with Crippen molar-refractivity contribution >= 4 is 22.5 Å². The van der Waals surface area contributed by atoms with E-state index in [0.29, 0.717) is 31.1 Å². The number of amides is 1. The number of fused-ring (bicyclic) bond motifs is 1. The molecule has 2 aromatic carbocycles. The number of piperidine rings is 1. The molecule has 1 aliphatic rings. The SMILES string of the molecule is CCOc1ccc2cc(C(=O)N3CCC(Nc4ccccc4F)CC3)[nH]c2c1. The second kappa shape index (κ2) is 7.92. The molecule has 2 N–H and O–H groups in total. The van der Waals surface area contributed by atoms with Crippen molar-refractivity contribution in [1.82, 2.24) is 9.88 Å². The number of aromatic nitrogens is 1. The maximum absolute atomic E-state index is 13.8. The Kier molecular flexibility index (Phi) is 5.19. The van der Waals surface area contributed by atoms with Gasteiger partial charge in [-0.25, -0.2) is 4.39 Å². The molecule has 1 aliphatic heterocycles. The number of likely N-dealkylation sites (tertiary alicyclic amines) is 1. The first-order valence-corrected chi connectivity index (χ1v) is 9.70. The number of aromatic amines is 1. The summed E-state index contributed by atoms with van der Waals surface area (Å²) in [4.78, 5) is 18.0. The van der Waals surface area contributed by atoms with Gasteiger partial charge in [0.2, 0.25) is 0 Å². The van der Waals surface area contributed by atoms with Crippen LogP contribution in [0.1, 0.15) is 30.3 Å². The molecule has 1 saturated heterocycles. The Balaban J connectivity index is 1.40. The van der Waals surface area contributed by atoms with Crippen LogP contribution >= 0.6 is 0 Å². The van der Waals surface area contributed by atoms with E-state index in [2.05, 4.69) is 10.3 Å². The van der Waals surface area contributed by atoms with Crippen molar-refractivity contribution in [2.45, 2.75) is 25.8 Å². The van der Waals surface area contributed by atoms with Gasteiger partial charge in [-0.15, -0.1) is 0 Å². The number of carbonyl (C=O) groups excluding carboxylic acids is 1. The summed E-state index contributed by atoms with van der Waals surface area (Å²) < 4.78 is 19.3. The lowest BCUT2D eigenvalue weighted by Crippen LogP contribution is -2.42. The third kappa shape index (κ3) is 3.81. The van der Waals surface area contributed by atoms with Crippen molar-refractivity contribution in [3.05, 3.63) is 60.0 Å². The van der Waals surface area contributed by atoms with Gasteiger partial charge in [0.05, 0.1) is 12.3 Å². The van der Waals surface area contributed by atoms with Crippen molar-refractivity contribution < 1.29 is 13.9 Å². The molecular weight excluding hydrogens is 357 g/mol. The number of hydrogen-bond donors (Lipinski definition) is 2. The highest BCUT2D eigenvalue weighted by Crippen LogP contribution is 2.24. The second-order valence-electron chi connectivity index (χ2n) is 7.06. The summed E-state index contributed by atoms with van der Waals surface area (Å²) >= 11 is 0. The Hall–Kier alpha value is -3.02.